The Kier molecular flexibility index (Phi) is 4.80. The fourth-order valence-electron chi connectivity index (χ4n) is 2.16. The van der Waals surface area contributed by atoms with Crippen molar-refractivity contribution >= 4 is 11.8 Å². The van der Waals surface area contributed by atoms with Crippen molar-refractivity contribution in [2.45, 2.75) is 18.9 Å². The molecule has 0 radical (unpaired) electrons. The summed E-state index contributed by atoms with van der Waals surface area (Å²) in [5.41, 5.74) is 4.21. The molecule has 2 N–H and O–H groups in total. The van der Waals surface area contributed by atoms with Crippen LogP contribution in [0, 0.1) is 0 Å². The van der Waals surface area contributed by atoms with Crippen molar-refractivity contribution in [2.75, 3.05) is 26.3 Å². The zero-order valence-electron chi connectivity index (χ0n) is 12.1. The van der Waals surface area contributed by atoms with Gasteiger partial charge in [-0.3, -0.25) is 9.59 Å². The molecule has 1 aromatic rings. The van der Waals surface area contributed by atoms with Gasteiger partial charge in [-0.05, 0) is 19.1 Å². The highest BCUT2D eigenvalue weighted by atomic mass is 16.5. The van der Waals surface area contributed by atoms with Crippen molar-refractivity contribution in [3.63, 3.8) is 0 Å². The van der Waals surface area contributed by atoms with Gasteiger partial charge in [0.25, 0.3) is 5.91 Å². The summed E-state index contributed by atoms with van der Waals surface area (Å²) in [5, 5.41) is 0. The Balaban J connectivity index is 1.82. The first-order valence-corrected chi connectivity index (χ1v) is 6.91. The smallest absolute Gasteiger partial charge is 0.251 e. The molecule has 0 bridgehead atoms. The lowest BCUT2D eigenvalue weighted by Gasteiger charge is -2.38. The zero-order valence-corrected chi connectivity index (χ0v) is 12.1. The molecular formula is C15H20N2O4. The first-order chi connectivity index (χ1) is 10.0. The van der Waals surface area contributed by atoms with Gasteiger partial charge < -0.3 is 20.1 Å². The van der Waals surface area contributed by atoms with Crippen molar-refractivity contribution in [3.05, 3.63) is 30.3 Å². The molecule has 0 aromatic heterocycles. The highest BCUT2D eigenvalue weighted by Gasteiger charge is 2.38. The van der Waals surface area contributed by atoms with Gasteiger partial charge >= 0.3 is 0 Å². The SMILES string of the molecule is CC1(C(N)=O)CN(C(=O)CCOc2ccccc2)CCO1. The minimum Gasteiger partial charge on any atom is -0.493 e. The summed E-state index contributed by atoms with van der Waals surface area (Å²) in [6.07, 6.45) is 0.254. The van der Waals surface area contributed by atoms with Gasteiger partial charge in [-0.25, -0.2) is 0 Å². The van der Waals surface area contributed by atoms with Gasteiger partial charge in [0, 0.05) is 6.54 Å². The number of nitrogens with two attached hydrogens (primary N) is 1. The van der Waals surface area contributed by atoms with Crippen LogP contribution in [-0.2, 0) is 14.3 Å². The van der Waals surface area contributed by atoms with E-state index in [-0.39, 0.29) is 18.9 Å². The van der Waals surface area contributed by atoms with Gasteiger partial charge in [0.2, 0.25) is 5.91 Å². The number of amides is 2. The number of hydrogen-bond acceptors (Lipinski definition) is 4. The number of primary amides is 1. The average molecular weight is 292 g/mol. The van der Waals surface area contributed by atoms with E-state index in [0.29, 0.717) is 19.8 Å². The Morgan fingerprint density at radius 1 is 1.38 bits per heavy atom. The van der Waals surface area contributed by atoms with Crippen LogP contribution >= 0.6 is 0 Å². The van der Waals surface area contributed by atoms with E-state index in [9.17, 15) is 9.59 Å². The molecule has 1 fully saturated rings. The van der Waals surface area contributed by atoms with Gasteiger partial charge in [-0.1, -0.05) is 18.2 Å². The predicted octanol–water partition coefficient (Wildman–Crippen LogP) is 0.558. The Bertz CT molecular complexity index is 506. The Morgan fingerprint density at radius 3 is 2.76 bits per heavy atom. The third-order valence-corrected chi connectivity index (χ3v) is 3.48. The zero-order chi connectivity index (χ0) is 15.3. The number of carbonyl (C=O) groups excluding carboxylic acids is 2. The average Bonchev–Trinajstić information content (AvgIpc) is 2.48. The number of para-hydroxylation sites is 1. The number of rotatable bonds is 5. The summed E-state index contributed by atoms with van der Waals surface area (Å²) < 4.78 is 10.9. The van der Waals surface area contributed by atoms with Crippen LogP contribution in [0.15, 0.2) is 30.3 Å². The number of nitrogens with zero attached hydrogens (tertiary/aromatic N) is 1. The molecule has 1 atom stereocenters. The van der Waals surface area contributed by atoms with Crippen molar-refractivity contribution in [2.24, 2.45) is 5.73 Å². The van der Waals surface area contributed by atoms with E-state index in [1.807, 2.05) is 30.3 Å². The number of morpholine rings is 1. The van der Waals surface area contributed by atoms with Crippen molar-refractivity contribution in [1.82, 2.24) is 4.90 Å². The molecule has 1 aromatic carbocycles. The molecule has 2 amide bonds. The van der Waals surface area contributed by atoms with E-state index in [4.69, 9.17) is 15.2 Å². The molecule has 1 heterocycles. The number of carbonyl (C=O) groups is 2. The van der Waals surface area contributed by atoms with Gasteiger partial charge in [0.15, 0.2) is 5.60 Å². The lowest BCUT2D eigenvalue weighted by molar-refractivity contribution is -0.160. The quantitative estimate of drug-likeness (QED) is 0.859. The van der Waals surface area contributed by atoms with Crippen molar-refractivity contribution in [1.29, 1.82) is 0 Å². The van der Waals surface area contributed by atoms with E-state index in [1.54, 1.807) is 11.8 Å². The van der Waals surface area contributed by atoms with Crippen molar-refractivity contribution in [3.8, 4) is 5.75 Å². The summed E-state index contributed by atoms with van der Waals surface area (Å²) in [5.74, 6) is 0.108. The van der Waals surface area contributed by atoms with E-state index in [0.717, 1.165) is 5.75 Å². The summed E-state index contributed by atoms with van der Waals surface area (Å²) in [6.45, 7) is 2.87. The molecule has 0 saturated carbocycles. The molecule has 2 rings (SSSR count). The Labute approximate surface area is 123 Å². The van der Waals surface area contributed by atoms with E-state index in [2.05, 4.69) is 0 Å². The molecular weight excluding hydrogens is 272 g/mol. The summed E-state index contributed by atoms with van der Waals surface area (Å²) in [7, 11) is 0. The molecule has 1 aliphatic heterocycles. The topological polar surface area (TPSA) is 81.9 Å². The summed E-state index contributed by atoms with van der Waals surface area (Å²) >= 11 is 0. The Morgan fingerprint density at radius 2 is 2.10 bits per heavy atom. The number of hydrogen-bond donors (Lipinski definition) is 1. The van der Waals surface area contributed by atoms with E-state index >= 15 is 0 Å². The lowest BCUT2D eigenvalue weighted by Crippen LogP contribution is -2.58. The first kappa shape index (κ1) is 15.3. The predicted molar refractivity (Wildman–Crippen MR) is 76.7 cm³/mol. The molecule has 1 saturated heterocycles. The maximum absolute atomic E-state index is 12.1. The highest BCUT2D eigenvalue weighted by Crippen LogP contribution is 2.18. The maximum atomic E-state index is 12.1. The fourth-order valence-corrected chi connectivity index (χ4v) is 2.16. The Hall–Kier alpha value is -2.08. The van der Waals surface area contributed by atoms with Crippen LogP contribution in [0.1, 0.15) is 13.3 Å². The molecule has 21 heavy (non-hydrogen) atoms. The van der Waals surface area contributed by atoms with Crippen LogP contribution in [0.3, 0.4) is 0 Å². The van der Waals surface area contributed by atoms with Gasteiger partial charge in [-0.15, -0.1) is 0 Å². The molecule has 0 aliphatic carbocycles. The monoisotopic (exact) mass is 292 g/mol. The number of ether oxygens (including phenoxy) is 2. The normalized spacial score (nSPS) is 21.9. The molecule has 114 valence electrons. The maximum Gasteiger partial charge on any atom is 0.251 e. The number of benzene rings is 1. The molecule has 6 nitrogen and oxygen atoms in total. The highest BCUT2D eigenvalue weighted by molar-refractivity contribution is 5.85. The molecule has 0 spiro atoms. The molecule has 6 heteroatoms. The van der Waals surface area contributed by atoms with Gasteiger partial charge in [0.1, 0.15) is 5.75 Å². The largest absolute Gasteiger partial charge is 0.493 e. The van der Waals surface area contributed by atoms with Crippen LogP contribution in [0.4, 0.5) is 0 Å². The van der Waals surface area contributed by atoms with Crippen LogP contribution in [0.2, 0.25) is 0 Å². The first-order valence-electron chi connectivity index (χ1n) is 6.91. The summed E-state index contributed by atoms with van der Waals surface area (Å²) in [4.78, 5) is 25.1. The second-order valence-electron chi connectivity index (χ2n) is 5.17. The van der Waals surface area contributed by atoms with Gasteiger partial charge in [-0.2, -0.15) is 0 Å². The van der Waals surface area contributed by atoms with Gasteiger partial charge in [0.05, 0.1) is 26.2 Å². The third-order valence-electron chi connectivity index (χ3n) is 3.48. The van der Waals surface area contributed by atoms with Crippen LogP contribution in [-0.4, -0.2) is 48.6 Å². The van der Waals surface area contributed by atoms with Crippen LogP contribution in [0.5, 0.6) is 5.75 Å². The van der Waals surface area contributed by atoms with Crippen molar-refractivity contribution < 1.29 is 19.1 Å². The minimum atomic E-state index is -1.10. The second kappa shape index (κ2) is 6.58. The fraction of sp³-hybridized carbons (Fsp3) is 0.467. The third kappa shape index (κ3) is 3.95. The second-order valence-corrected chi connectivity index (χ2v) is 5.17. The molecule has 1 aliphatic rings. The van der Waals surface area contributed by atoms with Crippen LogP contribution in [0.25, 0.3) is 0 Å². The van der Waals surface area contributed by atoms with E-state index in [1.165, 1.54) is 0 Å². The molecule has 1 unspecified atom stereocenters. The van der Waals surface area contributed by atoms with Crippen LogP contribution < -0.4 is 10.5 Å². The lowest BCUT2D eigenvalue weighted by atomic mass is 10.0. The summed E-state index contributed by atoms with van der Waals surface area (Å²) in [6, 6.07) is 9.32. The van der Waals surface area contributed by atoms with E-state index < -0.39 is 11.5 Å². The minimum absolute atomic E-state index is 0.0679. The standard InChI is InChI=1S/C15H20N2O4/c1-15(14(16)19)11-17(8-10-21-15)13(18)7-9-20-12-5-3-2-4-6-12/h2-6H,7-11H2,1H3,(H2,16,19).